The lowest BCUT2D eigenvalue weighted by Gasteiger charge is -2.28. The van der Waals surface area contributed by atoms with Gasteiger partial charge in [-0.25, -0.2) is 18.5 Å². The van der Waals surface area contributed by atoms with Crippen LogP contribution in [0.1, 0.15) is 38.7 Å². The first-order valence-electron chi connectivity index (χ1n) is 8.37. The van der Waals surface area contributed by atoms with E-state index in [9.17, 15) is 17.2 Å². The fraction of sp³-hybridized carbons (Fsp3) is 0.316. The third-order valence-electron chi connectivity index (χ3n) is 4.58. The molecule has 0 bridgehead atoms. The van der Waals surface area contributed by atoms with Gasteiger partial charge in [0.2, 0.25) is 10.0 Å². The van der Waals surface area contributed by atoms with Gasteiger partial charge in [-0.3, -0.25) is 0 Å². The molecule has 2 N–H and O–H groups in total. The fourth-order valence-electron chi connectivity index (χ4n) is 3.24. The van der Waals surface area contributed by atoms with Crippen LogP contribution in [-0.2, 0) is 21.4 Å². The van der Waals surface area contributed by atoms with Gasteiger partial charge in [0.15, 0.2) is 0 Å². The third kappa shape index (κ3) is 3.86. The molecule has 1 heterocycles. The van der Waals surface area contributed by atoms with Gasteiger partial charge in [-0.1, -0.05) is 23.8 Å². The van der Waals surface area contributed by atoms with E-state index in [2.05, 4.69) is 4.98 Å². The lowest BCUT2D eigenvalue weighted by Crippen LogP contribution is -2.25. The van der Waals surface area contributed by atoms with Crippen molar-refractivity contribution in [1.29, 1.82) is 0 Å². The molecule has 1 atom stereocenters. The van der Waals surface area contributed by atoms with E-state index in [4.69, 9.17) is 5.14 Å². The van der Waals surface area contributed by atoms with E-state index < -0.39 is 21.4 Å². The Labute approximate surface area is 157 Å². The van der Waals surface area contributed by atoms with Crippen molar-refractivity contribution >= 4 is 10.0 Å². The van der Waals surface area contributed by atoms with Crippen molar-refractivity contribution in [2.45, 2.75) is 43.4 Å². The molecule has 0 fully saturated rings. The maximum absolute atomic E-state index is 14.0. The minimum Gasteiger partial charge on any atom is -0.303 e. The molecule has 2 aromatic rings. The van der Waals surface area contributed by atoms with Crippen LogP contribution in [0.2, 0.25) is 0 Å². The van der Waals surface area contributed by atoms with Crippen molar-refractivity contribution < 1.29 is 17.2 Å². The normalized spacial score (nSPS) is 20.6. The van der Waals surface area contributed by atoms with E-state index in [1.807, 2.05) is 32.1 Å². The summed E-state index contributed by atoms with van der Waals surface area (Å²) in [7, 11) is -3.83. The highest BCUT2D eigenvalue weighted by Crippen LogP contribution is 2.37. The van der Waals surface area contributed by atoms with Gasteiger partial charge in [-0.2, -0.15) is 8.78 Å². The minimum absolute atomic E-state index is 0.0449. The second-order valence-electron chi connectivity index (χ2n) is 7.16. The lowest BCUT2D eigenvalue weighted by atomic mass is 9.80. The molecule has 27 heavy (non-hydrogen) atoms. The summed E-state index contributed by atoms with van der Waals surface area (Å²) in [6, 6.07) is 5.76. The van der Waals surface area contributed by atoms with Crippen molar-refractivity contribution in [3.63, 3.8) is 0 Å². The Morgan fingerprint density at radius 2 is 1.89 bits per heavy atom. The van der Waals surface area contributed by atoms with Crippen LogP contribution in [0, 0.1) is 0 Å². The van der Waals surface area contributed by atoms with Crippen LogP contribution >= 0.6 is 0 Å². The summed E-state index contributed by atoms with van der Waals surface area (Å²) >= 11 is 0. The monoisotopic (exact) mass is 393 g/mol. The maximum Gasteiger partial charge on any atom is 0.288 e. The molecule has 0 saturated heterocycles. The minimum atomic E-state index is -3.83. The number of benzene rings is 1. The molecule has 0 saturated carbocycles. The van der Waals surface area contributed by atoms with E-state index >= 15 is 0 Å². The zero-order valence-corrected chi connectivity index (χ0v) is 16.1. The average Bonchev–Trinajstić information content (AvgIpc) is 3.00. The Bertz CT molecular complexity index is 1030. The molecule has 0 aliphatic heterocycles. The van der Waals surface area contributed by atoms with Gasteiger partial charge in [0.25, 0.3) is 5.92 Å². The molecule has 1 aliphatic rings. The van der Waals surface area contributed by atoms with Crippen molar-refractivity contribution in [1.82, 2.24) is 9.55 Å². The predicted octanol–water partition coefficient (Wildman–Crippen LogP) is 3.80. The predicted molar refractivity (Wildman–Crippen MR) is 99.4 cm³/mol. The number of alkyl halides is 2. The average molecular weight is 393 g/mol. The van der Waals surface area contributed by atoms with Gasteiger partial charge in [0.1, 0.15) is 11.5 Å². The van der Waals surface area contributed by atoms with Crippen LogP contribution in [0.3, 0.4) is 0 Å². The summed E-state index contributed by atoms with van der Waals surface area (Å²) in [6.45, 7) is 4.68. The number of nitrogens with zero attached hydrogens (tertiary/aromatic N) is 2. The molecule has 1 aliphatic carbocycles. The molecule has 1 aromatic carbocycles. The first-order valence-corrected chi connectivity index (χ1v) is 9.92. The zero-order valence-electron chi connectivity index (χ0n) is 15.3. The molecular formula is C19H21F2N3O2S. The Balaban J connectivity index is 2.17. The lowest BCUT2D eigenvalue weighted by molar-refractivity contribution is 0.0130. The number of primary sulfonamides is 1. The fourth-order valence-corrected chi connectivity index (χ4v) is 3.76. The second kappa shape index (κ2) is 6.38. The standard InChI is InChI=1S/C19H21F2N3O2S/c1-13-5-4-10-18(2,11-13)17-23-16(19(3,20)21)12-24(17)14-6-8-15(9-7-14)27(22,25)26/h4-9,11-12H,10H2,1-3H3,(H2,22,25,26). The number of allylic oxidation sites excluding steroid dienone is 4. The van der Waals surface area contributed by atoms with Crippen LogP contribution in [0.25, 0.3) is 5.69 Å². The molecule has 1 unspecified atom stereocenters. The number of imidazole rings is 1. The SMILES string of the molecule is CC1=CC(C)(c2nc(C(C)(F)F)cn2-c2ccc(S(N)(=O)=O)cc2)CC=C1. The van der Waals surface area contributed by atoms with Crippen LogP contribution < -0.4 is 5.14 Å². The summed E-state index contributed by atoms with van der Waals surface area (Å²) in [5.41, 5.74) is 0.644. The van der Waals surface area contributed by atoms with Gasteiger partial charge in [0, 0.05) is 24.2 Å². The molecule has 0 spiro atoms. The molecule has 5 nitrogen and oxygen atoms in total. The molecule has 0 amide bonds. The number of hydrogen-bond donors (Lipinski definition) is 1. The topological polar surface area (TPSA) is 78.0 Å². The number of aromatic nitrogens is 2. The largest absolute Gasteiger partial charge is 0.303 e. The number of nitrogens with two attached hydrogens (primary N) is 1. The van der Waals surface area contributed by atoms with Crippen molar-refractivity contribution in [2.75, 3.05) is 0 Å². The van der Waals surface area contributed by atoms with Crippen molar-refractivity contribution in [3.05, 3.63) is 65.8 Å². The molecular weight excluding hydrogens is 372 g/mol. The number of sulfonamides is 1. The summed E-state index contributed by atoms with van der Waals surface area (Å²) < 4.78 is 52.4. The van der Waals surface area contributed by atoms with Gasteiger partial charge < -0.3 is 4.57 Å². The number of hydrogen-bond acceptors (Lipinski definition) is 3. The van der Waals surface area contributed by atoms with Crippen LogP contribution in [-0.4, -0.2) is 18.0 Å². The smallest absolute Gasteiger partial charge is 0.288 e. The molecule has 144 valence electrons. The van der Waals surface area contributed by atoms with Gasteiger partial charge in [-0.15, -0.1) is 0 Å². The quantitative estimate of drug-likeness (QED) is 0.858. The van der Waals surface area contributed by atoms with Gasteiger partial charge in [-0.05, 0) is 44.5 Å². The van der Waals surface area contributed by atoms with E-state index in [1.54, 1.807) is 4.57 Å². The van der Waals surface area contributed by atoms with E-state index in [-0.39, 0.29) is 10.6 Å². The zero-order chi connectivity index (χ0) is 20.0. The maximum atomic E-state index is 14.0. The van der Waals surface area contributed by atoms with E-state index in [0.29, 0.717) is 17.9 Å². The number of rotatable bonds is 4. The Morgan fingerprint density at radius 3 is 2.41 bits per heavy atom. The van der Waals surface area contributed by atoms with Gasteiger partial charge >= 0.3 is 0 Å². The van der Waals surface area contributed by atoms with Crippen molar-refractivity contribution in [3.8, 4) is 5.69 Å². The highest BCUT2D eigenvalue weighted by atomic mass is 32.2. The third-order valence-corrected chi connectivity index (χ3v) is 5.51. The summed E-state index contributed by atoms with van der Waals surface area (Å²) in [5.74, 6) is -2.63. The Morgan fingerprint density at radius 1 is 1.26 bits per heavy atom. The Kier molecular flexibility index (Phi) is 4.60. The van der Waals surface area contributed by atoms with Crippen LogP contribution in [0.15, 0.2) is 59.2 Å². The highest BCUT2D eigenvalue weighted by molar-refractivity contribution is 7.89. The first-order chi connectivity index (χ1) is 12.4. The first kappa shape index (κ1) is 19.4. The molecule has 1 aromatic heterocycles. The van der Waals surface area contributed by atoms with Crippen LogP contribution in [0.5, 0.6) is 0 Å². The summed E-state index contributed by atoms with van der Waals surface area (Å²) in [6.07, 6.45) is 7.88. The molecule has 3 rings (SSSR count). The van der Waals surface area contributed by atoms with E-state index in [0.717, 1.165) is 12.5 Å². The summed E-state index contributed by atoms with van der Waals surface area (Å²) in [5, 5.41) is 5.13. The van der Waals surface area contributed by atoms with Crippen molar-refractivity contribution in [2.24, 2.45) is 5.14 Å². The van der Waals surface area contributed by atoms with E-state index in [1.165, 1.54) is 30.5 Å². The summed E-state index contributed by atoms with van der Waals surface area (Å²) in [4.78, 5) is 4.21. The molecule has 0 radical (unpaired) electrons. The Hall–Kier alpha value is -2.32. The highest BCUT2D eigenvalue weighted by Gasteiger charge is 2.35. The molecule has 8 heteroatoms. The number of halogens is 2. The van der Waals surface area contributed by atoms with Gasteiger partial charge in [0.05, 0.1) is 4.90 Å². The van der Waals surface area contributed by atoms with Crippen LogP contribution in [0.4, 0.5) is 8.78 Å². The second-order valence-corrected chi connectivity index (χ2v) is 8.72.